The number of nitrogens with one attached hydrogen (secondary N) is 1. The molecule has 0 aliphatic carbocycles. The monoisotopic (exact) mass is 443 g/mol. The summed E-state index contributed by atoms with van der Waals surface area (Å²) in [5.41, 5.74) is 6.56. The summed E-state index contributed by atoms with van der Waals surface area (Å²) in [7, 11) is 0. The van der Waals surface area contributed by atoms with Crippen molar-refractivity contribution < 1.29 is 5.11 Å². The van der Waals surface area contributed by atoms with Gasteiger partial charge in [0.25, 0.3) is 0 Å². The van der Waals surface area contributed by atoms with Crippen LogP contribution < -0.4 is 4.90 Å². The number of hydrogen-bond donors (Lipinski definition) is 2. The number of pyridine rings is 2. The molecule has 0 spiro atoms. The largest absolute Gasteiger partial charge is 0.392 e. The summed E-state index contributed by atoms with van der Waals surface area (Å²) in [6, 6.07) is 6.21. The number of H-pyrrole nitrogens is 1. The van der Waals surface area contributed by atoms with Gasteiger partial charge in [-0.25, -0.2) is 21.1 Å². The van der Waals surface area contributed by atoms with Crippen molar-refractivity contribution in [3.05, 3.63) is 53.3 Å². The molecule has 1 aliphatic heterocycles. The Balaban J connectivity index is 1.52. The summed E-state index contributed by atoms with van der Waals surface area (Å²) >= 11 is 0. The maximum atomic E-state index is 9.87. The fourth-order valence-electron chi connectivity index (χ4n) is 4.99. The smallest absolute Gasteiger partial charge is 0.214 e. The number of fused-ring (bicyclic) bond motifs is 2. The first-order valence-electron chi connectivity index (χ1n) is 11.6. The molecule has 8 nitrogen and oxygen atoms in total. The number of aliphatic hydroxyl groups excluding tert-OH is 1. The number of aromatic nitrogens is 5. The maximum Gasteiger partial charge on any atom is 0.214 e. The zero-order chi connectivity index (χ0) is 22.9. The minimum atomic E-state index is -0.0957. The standard InChI is InChI=1S/C25H29N7O/c1-16(2)22-23(18-12-19(14-33)25-27-15-28-32(25)13-18)29-20-4-5-21(30-24(20)22)31-10-7-17(8-11-31)6-9-26-3/h4-5,12-13,15-17,29,33H,6-11,14H2,1-2H3. The van der Waals surface area contributed by atoms with Crippen molar-refractivity contribution in [1.82, 2.24) is 24.6 Å². The Bertz CT molecular complexity index is 1320. The summed E-state index contributed by atoms with van der Waals surface area (Å²) in [6.45, 7) is 13.9. The number of hydrogen-bond acceptors (Lipinski definition) is 5. The lowest BCUT2D eigenvalue weighted by molar-refractivity contribution is 0.282. The second-order valence-electron chi connectivity index (χ2n) is 9.18. The van der Waals surface area contributed by atoms with Crippen LogP contribution in [0.15, 0.2) is 30.7 Å². The van der Waals surface area contributed by atoms with Crippen LogP contribution in [0.5, 0.6) is 0 Å². The van der Waals surface area contributed by atoms with E-state index in [1.165, 1.54) is 11.9 Å². The van der Waals surface area contributed by atoms with E-state index in [2.05, 4.69) is 50.8 Å². The molecular weight excluding hydrogens is 414 g/mol. The molecule has 0 aromatic carbocycles. The zero-order valence-electron chi connectivity index (χ0n) is 19.1. The Morgan fingerprint density at radius 1 is 1.27 bits per heavy atom. The number of aromatic amines is 1. The molecule has 1 aliphatic rings. The predicted molar refractivity (Wildman–Crippen MR) is 129 cm³/mol. The Hall–Kier alpha value is -3.44. The van der Waals surface area contributed by atoms with Gasteiger partial charge < -0.3 is 19.8 Å². The highest BCUT2D eigenvalue weighted by molar-refractivity contribution is 5.89. The second-order valence-corrected chi connectivity index (χ2v) is 9.18. The molecule has 0 saturated carbocycles. The van der Waals surface area contributed by atoms with Gasteiger partial charge in [0.05, 0.1) is 23.3 Å². The fraction of sp³-hybridized carbons (Fsp3) is 0.440. The Labute approximate surface area is 193 Å². The van der Waals surface area contributed by atoms with Gasteiger partial charge in [0, 0.05) is 42.4 Å². The van der Waals surface area contributed by atoms with Crippen LogP contribution in [0.3, 0.4) is 0 Å². The predicted octanol–water partition coefficient (Wildman–Crippen LogP) is 4.41. The van der Waals surface area contributed by atoms with E-state index in [-0.39, 0.29) is 12.5 Å². The molecule has 4 aromatic heterocycles. The SMILES string of the molecule is [C-]#[N+]CCC1CCN(c2ccc3[nH]c(-c4cc(CO)c5ncnn5c4)c(C(C)C)c3n2)CC1. The molecule has 1 saturated heterocycles. The van der Waals surface area contributed by atoms with Crippen LogP contribution >= 0.6 is 0 Å². The molecular formula is C25H29N7O. The Morgan fingerprint density at radius 3 is 2.82 bits per heavy atom. The first-order chi connectivity index (χ1) is 16.1. The van der Waals surface area contributed by atoms with Gasteiger partial charge in [-0.15, -0.1) is 0 Å². The molecule has 4 aromatic rings. The second kappa shape index (κ2) is 8.83. The minimum absolute atomic E-state index is 0.0957. The molecule has 0 unspecified atom stereocenters. The molecule has 0 bridgehead atoms. The fourth-order valence-corrected chi connectivity index (χ4v) is 4.99. The highest BCUT2D eigenvalue weighted by Gasteiger charge is 2.23. The third-order valence-corrected chi connectivity index (χ3v) is 6.74. The van der Waals surface area contributed by atoms with Gasteiger partial charge in [-0.3, -0.25) is 0 Å². The number of piperidine rings is 1. The number of nitrogens with zero attached hydrogens (tertiary/aromatic N) is 6. The van der Waals surface area contributed by atoms with Crippen LogP contribution in [0, 0.1) is 12.5 Å². The van der Waals surface area contributed by atoms with E-state index in [0.717, 1.165) is 66.0 Å². The number of aliphatic hydroxyl groups is 1. The average molecular weight is 444 g/mol. The van der Waals surface area contributed by atoms with Crippen molar-refractivity contribution >= 4 is 22.5 Å². The third-order valence-electron chi connectivity index (χ3n) is 6.74. The normalized spacial score (nSPS) is 15.1. The van der Waals surface area contributed by atoms with Crippen LogP contribution in [0.2, 0.25) is 0 Å². The highest BCUT2D eigenvalue weighted by atomic mass is 16.3. The van der Waals surface area contributed by atoms with Crippen LogP contribution in [-0.2, 0) is 6.61 Å². The Kier molecular flexibility index (Phi) is 5.73. The number of rotatable bonds is 6. The maximum absolute atomic E-state index is 9.87. The summed E-state index contributed by atoms with van der Waals surface area (Å²) < 4.78 is 1.72. The van der Waals surface area contributed by atoms with E-state index in [0.29, 0.717) is 18.1 Å². The van der Waals surface area contributed by atoms with E-state index in [1.807, 2.05) is 12.3 Å². The van der Waals surface area contributed by atoms with Crippen molar-refractivity contribution in [1.29, 1.82) is 0 Å². The quantitative estimate of drug-likeness (QED) is 0.431. The van der Waals surface area contributed by atoms with E-state index >= 15 is 0 Å². The summed E-state index contributed by atoms with van der Waals surface area (Å²) in [5.74, 6) is 1.93. The third kappa shape index (κ3) is 3.93. The minimum Gasteiger partial charge on any atom is -0.392 e. The van der Waals surface area contributed by atoms with Crippen LogP contribution in [-0.4, -0.2) is 49.3 Å². The van der Waals surface area contributed by atoms with Gasteiger partial charge in [0.2, 0.25) is 6.54 Å². The molecule has 0 amide bonds. The molecule has 33 heavy (non-hydrogen) atoms. The molecule has 8 heteroatoms. The average Bonchev–Trinajstić information content (AvgIpc) is 3.46. The van der Waals surface area contributed by atoms with Gasteiger partial charge in [-0.2, -0.15) is 5.10 Å². The topological polar surface area (TPSA) is 86.7 Å². The first-order valence-corrected chi connectivity index (χ1v) is 11.6. The lowest BCUT2D eigenvalue weighted by atomic mass is 9.93. The zero-order valence-corrected chi connectivity index (χ0v) is 19.1. The number of anilines is 1. The van der Waals surface area contributed by atoms with Crippen LogP contribution in [0.25, 0.3) is 32.8 Å². The van der Waals surface area contributed by atoms with E-state index in [4.69, 9.17) is 11.6 Å². The van der Waals surface area contributed by atoms with Gasteiger partial charge in [0.1, 0.15) is 12.1 Å². The summed E-state index contributed by atoms with van der Waals surface area (Å²) in [4.78, 5) is 18.8. The molecule has 0 atom stereocenters. The Morgan fingerprint density at radius 2 is 2.09 bits per heavy atom. The lowest BCUT2D eigenvalue weighted by Gasteiger charge is -2.32. The molecule has 1 fully saturated rings. The van der Waals surface area contributed by atoms with Crippen molar-refractivity contribution in [2.75, 3.05) is 24.5 Å². The molecule has 170 valence electrons. The van der Waals surface area contributed by atoms with Gasteiger partial charge in [-0.1, -0.05) is 13.8 Å². The summed E-state index contributed by atoms with van der Waals surface area (Å²) in [6.07, 6.45) is 6.70. The molecule has 0 radical (unpaired) electrons. The van der Waals surface area contributed by atoms with E-state index in [1.54, 1.807) is 4.52 Å². The lowest BCUT2D eigenvalue weighted by Crippen LogP contribution is -2.34. The molecule has 5 rings (SSSR count). The van der Waals surface area contributed by atoms with Gasteiger partial charge >= 0.3 is 0 Å². The van der Waals surface area contributed by atoms with Gasteiger partial charge in [0.15, 0.2) is 5.65 Å². The highest BCUT2D eigenvalue weighted by Crippen LogP contribution is 2.36. The first kappa shape index (κ1) is 21.4. The van der Waals surface area contributed by atoms with E-state index < -0.39 is 0 Å². The van der Waals surface area contributed by atoms with Gasteiger partial charge in [-0.05, 0) is 42.9 Å². The van der Waals surface area contributed by atoms with Crippen molar-refractivity contribution in [2.24, 2.45) is 5.92 Å². The molecule has 2 N–H and O–H groups in total. The summed E-state index contributed by atoms with van der Waals surface area (Å²) in [5, 5.41) is 14.2. The van der Waals surface area contributed by atoms with Crippen molar-refractivity contribution in [3.63, 3.8) is 0 Å². The van der Waals surface area contributed by atoms with Crippen molar-refractivity contribution in [2.45, 2.75) is 45.6 Å². The molecule has 5 heterocycles. The van der Waals surface area contributed by atoms with Crippen molar-refractivity contribution in [3.8, 4) is 11.3 Å². The van der Waals surface area contributed by atoms with Crippen LogP contribution in [0.1, 0.15) is 50.2 Å². The van der Waals surface area contributed by atoms with E-state index in [9.17, 15) is 5.11 Å². The van der Waals surface area contributed by atoms with Crippen LogP contribution in [0.4, 0.5) is 5.82 Å².